The first kappa shape index (κ1) is 23.0. The summed E-state index contributed by atoms with van der Waals surface area (Å²) in [6.45, 7) is 4.87. The van der Waals surface area contributed by atoms with Crippen molar-refractivity contribution in [3.05, 3.63) is 56.8 Å². The van der Waals surface area contributed by atoms with E-state index in [4.69, 9.17) is 33.7 Å². The molecule has 0 fully saturated rings. The summed E-state index contributed by atoms with van der Waals surface area (Å²) in [7, 11) is 0. The molecule has 0 unspecified atom stereocenters. The van der Waals surface area contributed by atoms with Crippen molar-refractivity contribution in [2.45, 2.75) is 26.9 Å². The molecule has 10 heteroatoms. The van der Waals surface area contributed by atoms with E-state index in [-0.39, 0.29) is 5.57 Å². The number of hydrogen-bond donors (Lipinski definition) is 2. The fourth-order valence-corrected chi connectivity index (χ4v) is 3.14. The van der Waals surface area contributed by atoms with Crippen LogP contribution >= 0.6 is 23.2 Å². The van der Waals surface area contributed by atoms with Gasteiger partial charge >= 0.3 is 12.0 Å². The van der Waals surface area contributed by atoms with Gasteiger partial charge in [0.1, 0.15) is 11.6 Å². The van der Waals surface area contributed by atoms with Gasteiger partial charge in [-0.15, -0.1) is 0 Å². The van der Waals surface area contributed by atoms with Gasteiger partial charge in [0.25, 0.3) is 5.91 Å². The number of aryl methyl sites for hydroxylation is 1. The van der Waals surface area contributed by atoms with Gasteiger partial charge in [-0.25, -0.2) is 9.59 Å². The van der Waals surface area contributed by atoms with Crippen molar-refractivity contribution < 1.29 is 19.1 Å². The number of rotatable bonds is 5. The van der Waals surface area contributed by atoms with Gasteiger partial charge < -0.3 is 15.0 Å². The number of urea groups is 1. The van der Waals surface area contributed by atoms with Crippen LogP contribution in [0.5, 0.6) is 0 Å². The third-order valence-electron chi connectivity index (χ3n) is 4.18. The third kappa shape index (κ3) is 5.00. The highest BCUT2D eigenvalue weighted by Gasteiger charge is 2.22. The fourth-order valence-electron chi connectivity index (χ4n) is 2.76. The Morgan fingerprint density at radius 3 is 2.57 bits per heavy atom. The molecular formula is C20H18Cl2N4O4. The number of benzene rings is 1. The average molecular weight is 449 g/mol. The van der Waals surface area contributed by atoms with Crippen LogP contribution in [-0.4, -0.2) is 28.6 Å². The lowest BCUT2D eigenvalue weighted by Crippen LogP contribution is -2.42. The second kappa shape index (κ2) is 9.48. The van der Waals surface area contributed by atoms with Gasteiger partial charge in [-0.1, -0.05) is 29.3 Å². The number of hydrogen-bond acceptors (Lipinski definition) is 5. The van der Waals surface area contributed by atoms with Crippen LogP contribution < -0.4 is 11.1 Å². The van der Waals surface area contributed by atoms with E-state index >= 15 is 0 Å². The zero-order chi connectivity index (χ0) is 22.6. The molecule has 2 rings (SSSR count). The third-order valence-corrected chi connectivity index (χ3v) is 4.99. The first-order valence-corrected chi connectivity index (χ1v) is 9.38. The Balaban J connectivity index is 2.36. The van der Waals surface area contributed by atoms with Crippen molar-refractivity contribution in [1.82, 2.24) is 9.88 Å². The Kier molecular flexibility index (Phi) is 7.27. The lowest BCUT2D eigenvalue weighted by molar-refractivity contribution is -0.150. The molecule has 0 saturated carbocycles. The van der Waals surface area contributed by atoms with Gasteiger partial charge in [0.2, 0.25) is 0 Å². The SMILES string of the molecule is Cc1cc(/C=C(\C#N)C(=O)O[C@@H](C)C(=O)NC(N)=O)c(C)n1-c1cccc(Cl)c1Cl. The average Bonchev–Trinajstić information content (AvgIpc) is 2.94. The molecule has 0 radical (unpaired) electrons. The summed E-state index contributed by atoms with van der Waals surface area (Å²) in [5.74, 6) is -1.92. The van der Waals surface area contributed by atoms with E-state index in [1.54, 1.807) is 42.6 Å². The number of halogens is 2. The van der Waals surface area contributed by atoms with E-state index < -0.39 is 24.0 Å². The smallest absolute Gasteiger partial charge is 0.349 e. The molecule has 8 nitrogen and oxygen atoms in total. The minimum Gasteiger partial charge on any atom is -0.448 e. The Bertz CT molecular complexity index is 1100. The molecule has 3 amide bonds. The summed E-state index contributed by atoms with van der Waals surface area (Å²) in [4.78, 5) is 34.7. The summed E-state index contributed by atoms with van der Waals surface area (Å²) < 4.78 is 6.78. The van der Waals surface area contributed by atoms with Crippen molar-refractivity contribution in [2.24, 2.45) is 5.73 Å². The van der Waals surface area contributed by atoms with Crippen LogP contribution in [0.2, 0.25) is 10.0 Å². The predicted octanol–water partition coefficient (Wildman–Crippen LogP) is 3.43. The minimum atomic E-state index is -1.32. The largest absolute Gasteiger partial charge is 0.448 e. The monoisotopic (exact) mass is 448 g/mol. The molecule has 0 aliphatic carbocycles. The first-order chi connectivity index (χ1) is 14.1. The number of carbonyl (C=O) groups is 3. The predicted molar refractivity (Wildman–Crippen MR) is 112 cm³/mol. The van der Waals surface area contributed by atoms with Crippen LogP contribution in [0, 0.1) is 25.2 Å². The van der Waals surface area contributed by atoms with Crippen molar-refractivity contribution >= 4 is 47.2 Å². The van der Waals surface area contributed by atoms with E-state index in [1.165, 1.54) is 13.0 Å². The molecule has 1 atom stereocenters. The van der Waals surface area contributed by atoms with Crippen LogP contribution in [0.4, 0.5) is 4.79 Å². The van der Waals surface area contributed by atoms with Crippen LogP contribution in [0.1, 0.15) is 23.9 Å². The second-order valence-corrected chi connectivity index (χ2v) is 7.09. The van der Waals surface area contributed by atoms with Gasteiger partial charge in [-0.2, -0.15) is 5.26 Å². The summed E-state index contributed by atoms with van der Waals surface area (Å²) in [6, 6.07) is 7.66. The number of primary amides is 1. The summed E-state index contributed by atoms with van der Waals surface area (Å²) in [5, 5.41) is 11.9. The number of imide groups is 1. The molecule has 0 bridgehead atoms. The van der Waals surface area contributed by atoms with E-state index in [9.17, 15) is 19.6 Å². The maximum Gasteiger partial charge on any atom is 0.349 e. The summed E-state index contributed by atoms with van der Waals surface area (Å²) >= 11 is 12.4. The van der Waals surface area contributed by atoms with Crippen LogP contribution in [-0.2, 0) is 14.3 Å². The molecule has 0 spiro atoms. The molecule has 2 aromatic rings. The Morgan fingerprint density at radius 1 is 1.30 bits per heavy atom. The van der Waals surface area contributed by atoms with E-state index in [0.29, 0.717) is 27.0 Å². The number of carbonyl (C=O) groups excluding carboxylic acids is 3. The number of nitrogens with zero attached hydrogens (tertiary/aromatic N) is 2. The molecule has 1 heterocycles. The zero-order valence-electron chi connectivity index (χ0n) is 16.3. The molecule has 1 aromatic carbocycles. The van der Waals surface area contributed by atoms with E-state index in [2.05, 4.69) is 0 Å². The van der Waals surface area contributed by atoms with Gasteiger partial charge in [0.15, 0.2) is 6.10 Å². The number of amides is 3. The normalized spacial score (nSPS) is 12.1. The lowest BCUT2D eigenvalue weighted by Gasteiger charge is -2.12. The van der Waals surface area contributed by atoms with Crippen molar-refractivity contribution in [1.29, 1.82) is 5.26 Å². The molecule has 1 aromatic heterocycles. The Morgan fingerprint density at radius 2 is 1.97 bits per heavy atom. The first-order valence-electron chi connectivity index (χ1n) is 8.63. The molecule has 156 valence electrons. The highest BCUT2D eigenvalue weighted by Crippen LogP contribution is 2.32. The maximum absolute atomic E-state index is 12.3. The second-order valence-electron chi connectivity index (χ2n) is 6.31. The van der Waals surface area contributed by atoms with Crippen molar-refractivity contribution in [2.75, 3.05) is 0 Å². The molecule has 0 aliphatic heterocycles. The van der Waals surface area contributed by atoms with Crippen LogP contribution in [0.15, 0.2) is 29.8 Å². The van der Waals surface area contributed by atoms with E-state index in [1.807, 2.05) is 11.5 Å². The number of esters is 1. The Hall–Kier alpha value is -3.28. The number of aromatic nitrogens is 1. The maximum atomic E-state index is 12.3. The van der Waals surface area contributed by atoms with Gasteiger partial charge in [0.05, 0.1) is 15.7 Å². The molecular weight excluding hydrogens is 431 g/mol. The quantitative estimate of drug-likeness (QED) is 0.411. The highest BCUT2D eigenvalue weighted by molar-refractivity contribution is 6.43. The van der Waals surface area contributed by atoms with Gasteiger partial charge in [-0.05, 0) is 50.6 Å². The number of nitriles is 1. The number of nitrogens with two attached hydrogens (primary N) is 1. The standard InChI is InChI=1S/C20H18Cl2N4O4/c1-10-7-13(11(2)26(10)16-6-4-5-15(21)17(16)22)8-14(9-23)19(28)30-12(3)18(27)25-20(24)29/h4-8,12H,1-3H3,(H3,24,25,27,29)/b14-8+/t12-/m0/s1. The molecule has 3 N–H and O–H groups in total. The van der Waals surface area contributed by atoms with Crippen LogP contribution in [0.25, 0.3) is 11.8 Å². The fraction of sp³-hybridized carbons (Fsp3) is 0.200. The lowest BCUT2D eigenvalue weighted by atomic mass is 10.1. The number of nitrogens with one attached hydrogen (secondary N) is 1. The Labute approximate surface area is 182 Å². The van der Waals surface area contributed by atoms with Crippen molar-refractivity contribution in [3.63, 3.8) is 0 Å². The van der Waals surface area contributed by atoms with Crippen molar-refractivity contribution in [3.8, 4) is 11.8 Å². The molecule has 30 heavy (non-hydrogen) atoms. The topological polar surface area (TPSA) is 127 Å². The van der Waals surface area contributed by atoms with E-state index in [0.717, 1.165) is 5.69 Å². The highest BCUT2D eigenvalue weighted by atomic mass is 35.5. The summed E-state index contributed by atoms with van der Waals surface area (Å²) in [6.07, 6.45) is 0.0256. The summed E-state index contributed by atoms with van der Waals surface area (Å²) in [5.41, 5.74) is 7.25. The molecule has 0 aliphatic rings. The van der Waals surface area contributed by atoms with Gasteiger partial charge in [0, 0.05) is 11.4 Å². The van der Waals surface area contributed by atoms with Gasteiger partial charge in [-0.3, -0.25) is 10.1 Å². The zero-order valence-corrected chi connectivity index (χ0v) is 17.8. The number of ether oxygens (including phenoxy) is 1. The minimum absolute atomic E-state index is 0.328. The van der Waals surface area contributed by atoms with Crippen LogP contribution in [0.3, 0.4) is 0 Å². The molecule has 0 saturated heterocycles.